The molecule has 0 saturated carbocycles. The van der Waals surface area contributed by atoms with Crippen molar-refractivity contribution < 1.29 is 13.5 Å². The molecular weight excluding hydrogens is 252 g/mol. The first-order valence-corrected chi connectivity index (χ1v) is 7.18. The third-order valence-electron chi connectivity index (χ3n) is 2.91. The number of nitrogens with zero attached hydrogens (tertiary/aromatic N) is 1. The molecule has 102 valence electrons. The number of benzene rings is 1. The van der Waals surface area contributed by atoms with Crippen LogP contribution < -0.4 is 4.72 Å². The molecule has 0 spiro atoms. The maximum Gasteiger partial charge on any atom is 0.279 e. The third kappa shape index (κ3) is 3.78. The number of rotatable bonds is 6. The molecule has 0 aliphatic rings. The summed E-state index contributed by atoms with van der Waals surface area (Å²) in [6, 6.07) is 8.96. The molecule has 0 aromatic heterocycles. The minimum absolute atomic E-state index is 0.106. The van der Waals surface area contributed by atoms with Crippen molar-refractivity contribution in [3.8, 4) is 0 Å². The van der Waals surface area contributed by atoms with Crippen LogP contribution >= 0.6 is 0 Å². The van der Waals surface area contributed by atoms with Crippen LogP contribution in [0.1, 0.15) is 18.4 Å². The van der Waals surface area contributed by atoms with E-state index in [-0.39, 0.29) is 12.5 Å². The second-order valence-electron chi connectivity index (χ2n) is 4.39. The van der Waals surface area contributed by atoms with Crippen LogP contribution in [-0.4, -0.2) is 44.6 Å². The molecule has 2 N–H and O–H groups in total. The first kappa shape index (κ1) is 15.1. The van der Waals surface area contributed by atoms with Gasteiger partial charge in [-0.15, -0.1) is 0 Å². The molecule has 0 amide bonds. The molecule has 1 aromatic rings. The van der Waals surface area contributed by atoms with Crippen molar-refractivity contribution in [3.05, 3.63) is 35.9 Å². The highest BCUT2D eigenvalue weighted by molar-refractivity contribution is 7.87. The molecule has 0 aliphatic heterocycles. The zero-order chi connectivity index (χ0) is 13.8. The lowest BCUT2D eigenvalue weighted by atomic mass is 9.94. The van der Waals surface area contributed by atoms with Crippen molar-refractivity contribution in [1.29, 1.82) is 0 Å². The normalized spacial score (nSPS) is 15.6. The molecule has 0 radical (unpaired) electrons. The summed E-state index contributed by atoms with van der Waals surface area (Å²) in [5.74, 6) is -0.106. The van der Waals surface area contributed by atoms with Crippen molar-refractivity contribution in [2.45, 2.75) is 18.9 Å². The zero-order valence-electron chi connectivity index (χ0n) is 10.9. The Hall–Kier alpha value is -0.950. The lowest BCUT2D eigenvalue weighted by Gasteiger charge is -2.25. The predicted molar refractivity (Wildman–Crippen MR) is 71.5 cm³/mol. The summed E-state index contributed by atoms with van der Waals surface area (Å²) >= 11 is 0. The van der Waals surface area contributed by atoms with Crippen LogP contribution in [0, 0.1) is 0 Å². The molecule has 1 aromatic carbocycles. The molecular formula is C12H20N2O3S. The molecule has 2 atom stereocenters. The van der Waals surface area contributed by atoms with Gasteiger partial charge in [-0.3, -0.25) is 0 Å². The Labute approximate surface area is 109 Å². The fraction of sp³-hybridized carbons (Fsp3) is 0.500. The molecule has 0 bridgehead atoms. The highest BCUT2D eigenvalue weighted by Gasteiger charge is 2.24. The number of aliphatic hydroxyl groups excluding tert-OH is 1. The Morgan fingerprint density at radius 3 is 2.28 bits per heavy atom. The molecule has 0 saturated heterocycles. The fourth-order valence-electron chi connectivity index (χ4n) is 1.58. The Balaban J connectivity index is 2.85. The highest BCUT2D eigenvalue weighted by atomic mass is 32.2. The average Bonchev–Trinajstić information content (AvgIpc) is 2.36. The number of aliphatic hydroxyl groups is 1. The fourth-order valence-corrected chi connectivity index (χ4v) is 2.46. The van der Waals surface area contributed by atoms with Gasteiger partial charge in [-0.05, 0) is 11.5 Å². The van der Waals surface area contributed by atoms with E-state index in [0.29, 0.717) is 0 Å². The second kappa shape index (κ2) is 6.29. The van der Waals surface area contributed by atoms with E-state index in [9.17, 15) is 13.5 Å². The van der Waals surface area contributed by atoms with Gasteiger partial charge in [0, 0.05) is 14.1 Å². The third-order valence-corrected chi connectivity index (χ3v) is 4.47. The van der Waals surface area contributed by atoms with Crippen LogP contribution in [0.5, 0.6) is 0 Å². The van der Waals surface area contributed by atoms with E-state index in [1.165, 1.54) is 14.1 Å². The second-order valence-corrected chi connectivity index (χ2v) is 6.31. The van der Waals surface area contributed by atoms with Crippen molar-refractivity contribution in [1.82, 2.24) is 9.03 Å². The maximum atomic E-state index is 11.7. The Morgan fingerprint density at radius 2 is 1.83 bits per heavy atom. The van der Waals surface area contributed by atoms with Crippen molar-refractivity contribution in [2.24, 2.45) is 0 Å². The molecule has 0 heterocycles. The van der Waals surface area contributed by atoms with Gasteiger partial charge in [-0.1, -0.05) is 37.3 Å². The van der Waals surface area contributed by atoms with Gasteiger partial charge in [-0.2, -0.15) is 17.4 Å². The number of hydrogen-bond donors (Lipinski definition) is 2. The van der Waals surface area contributed by atoms with Crippen LogP contribution in [0.25, 0.3) is 0 Å². The molecule has 1 rings (SSSR count). The summed E-state index contributed by atoms with van der Waals surface area (Å²) in [7, 11) is -0.642. The smallest absolute Gasteiger partial charge is 0.279 e. The maximum absolute atomic E-state index is 11.7. The van der Waals surface area contributed by atoms with Gasteiger partial charge in [0.2, 0.25) is 0 Å². The van der Waals surface area contributed by atoms with Crippen LogP contribution in [-0.2, 0) is 10.2 Å². The molecule has 18 heavy (non-hydrogen) atoms. The van der Waals surface area contributed by atoms with Crippen molar-refractivity contribution in [2.75, 3.05) is 20.7 Å². The van der Waals surface area contributed by atoms with Crippen LogP contribution in [0.15, 0.2) is 30.3 Å². The van der Waals surface area contributed by atoms with Gasteiger partial charge >= 0.3 is 0 Å². The molecule has 0 fully saturated rings. The quantitative estimate of drug-likeness (QED) is 0.794. The summed E-state index contributed by atoms with van der Waals surface area (Å²) in [4.78, 5) is 0. The summed E-state index contributed by atoms with van der Waals surface area (Å²) < 4.78 is 27.1. The van der Waals surface area contributed by atoms with E-state index in [1.807, 2.05) is 37.3 Å². The van der Waals surface area contributed by atoms with Crippen molar-refractivity contribution >= 4 is 10.2 Å². The SMILES string of the molecule is CC(c1ccccc1)C(CO)NS(=O)(=O)N(C)C. The van der Waals surface area contributed by atoms with Gasteiger partial charge in [0.05, 0.1) is 12.6 Å². The molecule has 6 heteroatoms. The van der Waals surface area contributed by atoms with E-state index in [2.05, 4.69) is 4.72 Å². The van der Waals surface area contributed by atoms with E-state index in [0.717, 1.165) is 9.87 Å². The summed E-state index contributed by atoms with van der Waals surface area (Å²) in [6.07, 6.45) is 0. The lowest BCUT2D eigenvalue weighted by Crippen LogP contribution is -2.46. The topological polar surface area (TPSA) is 69.6 Å². The largest absolute Gasteiger partial charge is 0.395 e. The monoisotopic (exact) mass is 272 g/mol. The van der Waals surface area contributed by atoms with Gasteiger partial charge < -0.3 is 5.11 Å². The summed E-state index contributed by atoms with van der Waals surface area (Å²) in [6.45, 7) is 1.64. The first-order chi connectivity index (χ1) is 8.38. The molecule has 2 unspecified atom stereocenters. The summed E-state index contributed by atoms with van der Waals surface area (Å²) in [5, 5.41) is 9.36. The van der Waals surface area contributed by atoms with Gasteiger partial charge in [0.25, 0.3) is 10.2 Å². The lowest BCUT2D eigenvalue weighted by molar-refractivity contribution is 0.240. The minimum atomic E-state index is -3.54. The number of nitrogens with one attached hydrogen (secondary N) is 1. The average molecular weight is 272 g/mol. The van der Waals surface area contributed by atoms with Gasteiger partial charge in [-0.25, -0.2) is 0 Å². The Kier molecular flexibility index (Phi) is 5.28. The van der Waals surface area contributed by atoms with E-state index >= 15 is 0 Å². The molecule has 5 nitrogen and oxygen atoms in total. The first-order valence-electron chi connectivity index (χ1n) is 5.74. The van der Waals surface area contributed by atoms with Gasteiger partial charge in [0.1, 0.15) is 0 Å². The van der Waals surface area contributed by atoms with E-state index in [4.69, 9.17) is 0 Å². The zero-order valence-corrected chi connectivity index (χ0v) is 11.7. The molecule has 0 aliphatic carbocycles. The highest BCUT2D eigenvalue weighted by Crippen LogP contribution is 2.19. The van der Waals surface area contributed by atoms with Crippen LogP contribution in [0.3, 0.4) is 0 Å². The number of hydrogen-bond acceptors (Lipinski definition) is 3. The minimum Gasteiger partial charge on any atom is -0.395 e. The van der Waals surface area contributed by atoms with E-state index < -0.39 is 16.3 Å². The van der Waals surface area contributed by atoms with E-state index in [1.54, 1.807) is 0 Å². The van der Waals surface area contributed by atoms with Crippen LogP contribution in [0.4, 0.5) is 0 Å². The van der Waals surface area contributed by atoms with Crippen molar-refractivity contribution in [3.63, 3.8) is 0 Å². The standard InChI is InChI=1S/C12H20N2O3S/c1-10(11-7-5-4-6-8-11)12(9-15)13-18(16,17)14(2)3/h4-8,10,12-13,15H,9H2,1-3H3. The Bertz CT molecular complexity index is 459. The predicted octanol–water partition coefficient (Wildman–Crippen LogP) is 0.547. The van der Waals surface area contributed by atoms with Gasteiger partial charge in [0.15, 0.2) is 0 Å². The van der Waals surface area contributed by atoms with Crippen LogP contribution in [0.2, 0.25) is 0 Å². The summed E-state index contributed by atoms with van der Waals surface area (Å²) in [5.41, 5.74) is 0.984. The Morgan fingerprint density at radius 1 is 1.28 bits per heavy atom.